The van der Waals surface area contributed by atoms with Crippen molar-refractivity contribution in [3.63, 3.8) is 0 Å². The zero-order chi connectivity index (χ0) is 30.4. The Hall–Kier alpha value is -2.25. The van der Waals surface area contributed by atoms with Crippen LogP contribution >= 0.6 is 0 Å². The highest BCUT2D eigenvalue weighted by Gasteiger charge is 2.49. The predicted octanol–water partition coefficient (Wildman–Crippen LogP) is 3.73. The highest BCUT2D eigenvalue weighted by Crippen LogP contribution is 2.41. The molecule has 4 fully saturated rings. The van der Waals surface area contributed by atoms with Gasteiger partial charge >= 0.3 is 0 Å². The lowest BCUT2D eigenvalue weighted by Crippen LogP contribution is -2.65. The fraction of sp³-hybridized carbons (Fsp3) is 0.645. The number of pyridine rings is 1. The summed E-state index contributed by atoms with van der Waals surface area (Å²) in [6, 6.07) is 8.26. The topological polar surface area (TPSA) is 109 Å². The van der Waals surface area contributed by atoms with Crippen molar-refractivity contribution in [2.75, 3.05) is 32.5 Å². The molecule has 10 nitrogen and oxygen atoms in total. The molecule has 2 bridgehead atoms. The normalized spacial score (nSPS) is 27.3. The summed E-state index contributed by atoms with van der Waals surface area (Å²) in [7, 11) is -5.51. The quantitative estimate of drug-likeness (QED) is 0.369. The Morgan fingerprint density at radius 2 is 1.56 bits per heavy atom. The Balaban J connectivity index is 1.00. The molecule has 43 heavy (non-hydrogen) atoms. The lowest BCUT2D eigenvalue weighted by molar-refractivity contribution is -0.0147. The highest BCUT2D eigenvalue weighted by atomic mass is 32.2. The van der Waals surface area contributed by atoms with Crippen LogP contribution in [0.1, 0.15) is 62.5 Å². The molecule has 1 aromatic heterocycles. The third kappa shape index (κ3) is 6.18. The number of benzene rings is 1. The number of nitrogens with zero attached hydrogens (tertiary/aromatic N) is 4. The van der Waals surface area contributed by atoms with Crippen molar-refractivity contribution in [1.29, 1.82) is 0 Å². The molecular formula is C31H44N4O6S2. The van der Waals surface area contributed by atoms with Crippen molar-refractivity contribution in [1.82, 2.24) is 18.5 Å². The average molecular weight is 633 g/mol. The van der Waals surface area contributed by atoms with Gasteiger partial charge in [-0.2, -0.15) is 8.61 Å². The zero-order valence-corrected chi connectivity index (χ0v) is 27.0. The van der Waals surface area contributed by atoms with Crippen LogP contribution in [0.4, 0.5) is 0 Å². The fourth-order valence-corrected chi connectivity index (χ4v) is 11.6. The molecule has 0 spiro atoms. The molecule has 4 atom stereocenters. The standard InChI is InChI=1S/C31H44N4O6S2/c1-22-16-29(40-3)17-23(2)31(22)43(38,39)34-14-4-6-24(34)7-5-15-42(36,37)33-20-27(21-33)35-25-8-9-26(35)19-30(18-25)41-28-10-12-32-13-11-28/h10-13,16-17,24-27,30H,4-9,14-15,18-21H2,1-3H3/t24-,25-,26+,30?/m0/s1. The number of fused-ring (bicyclic) bond motifs is 2. The first kappa shape index (κ1) is 30.8. The van der Waals surface area contributed by atoms with Crippen LogP contribution in [0.5, 0.6) is 11.5 Å². The van der Waals surface area contributed by atoms with Crippen LogP contribution in [-0.4, -0.2) is 98.1 Å². The first-order valence-corrected chi connectivity index (χ1v) is 18.6. The molecule has 0 amide bonds. The third-order valence-electron chi connectivity index (χ3n) is 9.84. The molecule has 0 radical (unpaired) electrons. The monoisotopic (exact) mass is 632 g/mol. The van der Waals surface area contributed by atoms with E-state index in [9.17, 15) is 16.8 Å². The number of hydrogen-bond acceptors (Lipinski definition) is 8. The summed E-state index contributed by atoms with van der Waals surface area (Å²) >= 11 is 0. The molecule has 0 saturated carbocycles. The van der Waals surface area contributed by atoms with Gasteiger partial charge in [-0.15, -0.1) is 0 Å². The van der Waals surface area contributed by atoms with Gasteiger partial charge in [0, 0.05) is 56.2 Å². The maximum Gasteiger partial charge on any atom is 0.243 e. The van der Waals surface area contributed by atoms with Crippen LogP contribution in [-0.2, 0) is 20.0 Å². The number of rotatable bonds is 11. The minimum atomic E-state index is -3.70. The van der Waals surface area contributed by atoms with E-state index < -0.39 is 20.0 Å². The van der Waals surface area contributed by atoms with Gasteiger partial charge in [0.05, 0.1) is 17.8 Å². The summed E-state index contributed by atoms with van der Waals surface area (Å²) in [5, 5.41) is 0. The summed E-state index contributed by atoms with van der Waals surface area (Å²) in [6.07, 6.45) is 10.4. The van der Waals surface area contributed by atoms with E-state index in [2.05, 4.69) is 9.88 Å². The third-order valence-corrected chi connectivity index (χ3v) is 14.0. The van der Waals surface area contributed by atoms with Gasteiger partial charge in [-0.1, -0.05) is 0 Å². The van der Waals surface area contributed by atoms with Crippen LogP contribution in [0.2, 0.25) is 0 Å². The second-order valence-corrected chi connectivity index (χ2v) is 16.6. The van der Waals surface area contributed by atoms with E-state index in [1.807, 2.05) is 12.1 Å². The summed E-state index contributed by atoms with van der Waals surface area (Å²) < 4.78 is 68.7. The summed E-state index contributed by atoms with van der Waals surface area (Å²) in [4.78, 5) is 6.97. The number of aryl methyl sites for hydroxylation is 2. The molecule has 4 aliphatic heterocycles. The maximum atomic E-state index is 13.7. The summed E-state index contributed by atoms with van der Waals surface area (Å²) in [5.41, 5.74) is 1.33. The average Bonchev–Trinajstić information content (AvgIpc) is 3.50. The fourth-order valence-electron chi connectivity index (χ4n) is 7.89. The van der Waals surface area contributed by atoms with Crippen LogP contribution in [0.15, 0.2) is 41.6 Å². The zero-order valence-electron chi connectivity index (χ0n) is 25.4. The Bertz CT molecular complexity index is 1480. The van der Waals surface area contributed by atoms with Crippen molar-refractivity contribution in [2.24, 2.45) is 0 Å². The minimum Gasteiger partial charge on any atom is -0.497 e. The second kappa shape index (κ2) is 12.3. The van der Waals surface area contributed by atoms with Crippen LogP contribution in [0.3, 0.4) is 0 Å². The molecule has 4 saturated heterocycles. The summed E-state index contributed by atoms with van der Waals surface area (Å²) in [6.45, 7) is 5.15. The maximum absolute atomic E-state index is 13.7. The van der Waals surface area contributed by atoms with Gasteiger partial charge in [-0.25, -0.2) is 16.8 Å². The smallest absolute Gasteiger partial charge is 0.243 e. The van der Waals surface area contributed by atoms with Crippen molar-refractivity contribution >= 4 is 20.0 Å². The first-order valence-electron chi connectivity index (χ1n) is 15.6. The molecule has 2 aromatic rings. The predicted molar refractivity (Wildman–Crippen MR) is 164 cm³/mol. The molecule has 1 unspecified atom stereocenters. The number of sulfonamides is 2. The molecule has 6 rings (SSSR count). The Kier molecular flexibility index (Phi) is 8.78. The van der Waals surface area contributed by atoms with E-state index in [4.69, 9.17) is 9.47 Å². The van der Waals surface area contributed by atoms with Crippen molar-refractivity contribution in [3.05, 3.63) is 47.8 Å². The summed E-state index contributed by atoms with van der Waals surface area (Å²) in [5.74, 6) is 1.55. The van der Waals surface area contributed by atoms with Gasteiger partial charge < -0.3 is 9.47 Å². The van der Waals surface area contributed by atoms with Crippen LogP contribution in [0, 0.1) is 13.8 Å². The Labute approximate surface area is 256 Å². The number of aromatic nitrogens is 1. The largest absolute Gasteiger partial charge is 0.497 e. The van der Waals surface area contributed by atoms with E-state index in [1.54, 1.807) is 54.1 Å². The molecule has 236 valence electrons. The van der Waals surface area contributed by atoms with Gasteiger partial charge in [0.2, 0.25) is 20.0 Å². The number of piperidine rings is 1. The van der Waals surface area contributed by atoms with E-state index in [0.717, 1.165) is 44.3 Å². The Morgan fingerprint density at radius 1 is 0.907 bits per heavy atom. The van der Waals surface area contributed by atoms with Gasteiger partial charge in [-0.05, 0) is 101 Å². The second-order valence-electron chi connectivity index (χ2n) is 12.7. The van der Waals surface area contributed by atoms with Crippen LogP contribution in [0.25, 0.3) is 0 Å². The van der Waals surface area contributed by atoms with E-state index >= 15 is 0 Å². The number of ether oxygens (including phenoxy) is 2. The van der Waals surface area contributed by atoms with E-state index in [-0.39, 0.29) is 23.9 Å². The Morgan fingerprint density at radius 3 is 2.19 bits per heavy atom. The SMILES string of the molecule is COc1cc(C)c(S(=O)(=O)N2CCC[C@H]2CCCS(=O)(=O)N2CC(N3[C@@H]4CC[C@H]3CC(Oc3ccncc3)C4)C2)c(C)c1. The highest BCUT2D eigenvalue weighted by molar-refractivity contribution is 7.89. The molecule has 1 aromatic carbocycles. The molecule has 0 aliphatic carbocycles. The van der Waals surface area contributed by atoms with Gasteiger partial charge in [0.15, 0.2) is 0 Å². The lowest BCUT2D eigenvalue weighted by atomic mass is 9.95. The molecule has 4 aliphatic rings. The minimum absolute atomic E-state index is 0.0550. The van der Waals surface area contributed by atoms with E-state index in [0.29, 0.717) is 66.3 Å². The molecular weight excluding hydrogens is 588 g/mol. The first-order chi connectivity index (χ1) is 20.6. The lowest BCUT2D eigenvalue weighted by Gasteiger charge is -2.50. The van der Waals surface area contributed by atoms with Gasteiger partial charge in [-0.3, -0.25) is 9.88 Å². The van der Waals surface area contributed by atoms with Gasteiger partial charge in [0.1, 0.15) is 17.6 Å². The van der Waals surface area contributed by atoms with Crippen molar-refractivity contribution in [2.45, 2.75) is 100 Å². The van der Waals surface area contributed by atoms with Crippen molar-refractivity contribution < 1.29 is 26.3 Å². The molecule has 12 heteroatoms. The van der Waals surface area contributed by atoms with Crippen LogP contribution < -0.4 is 9.47 Å². The number of hydrogen-bond donors (Lipinski definition) is 0. The molecule has 5 heterocycles. The molecule has 0 N–H and O–H groups in total. The van der Waals surface area contributed by atoms with Crippen molar-refractivity contribution in [3.8, 4) is 11.5 Å². The number of methoxy groups -OCH3 is 1. The van der Waals surface area contributed by atoms with Gasteiger partial charge in [0.25, 0.3) is 0 Å². The van der Waals surface area contributed by atoms with E-state index in [1.165, 1.54) is 0 Å².